The monoisotopic (exact) mass is 371 g/mol. The van der Waals surface area contributed by atoms with E-state index < -0.39 is 11.7 Å². The van der Waals surface area contributed by atoms with E-state index in [-0.39, 0.29) is 18.4 Å². The lowest BCUT2D eigenvalue weighted by Crippen LogP contribution is -2.29. The lowest BCUT2D eigenvalue weighted by Gasteiger charge is -2.14. The summed E-state index contributed by atoms with van der Waals surface area (Å²) in [6.07, 6.45) is -3.94. The smallest absolute Gasteiger partial charge is 0.374 e. The SMILES string of the molecule is CO[C@@H](CNC(=O)CCc1ccc(C(F)(F)F)cc1)c1ccc(C)s1. The number of hydrogen-bond donors (Lipinski definition) is 1. The lowest BCUT2D eigenvalue weighted by atomic mass is 10.1. The first-order valence-corrected chi connectivity index (χ1v) is 8.63. The highest BCUT2D eigenvalue weighted by atomic mass is 32.1. The Morgan fingerprint density at radius 2 is 1.88 bits per heavy atom. The summed E-state index contributed by atoms with van der Waals surface area (Å²) >= 11 is 1.62. The van der Waals surface area contributed by atoms with Crippen LogP contribution in [0, 0.1) is 6.92 Å². The number of benzene rings is 1. The van der Waals surface area contributed by atoms with Gasteiger partial charge in [-0.05, 0) is 43.2 Å². The quantitative estimate of drug-likeness (QED) is 0.778. The molecule has 0 aliphatic carbocycles. The maximum absolute atomic E-state index is 12.5. The molecule has 1 N–H and O–H groups in total. The first kappa shape index (κ1) is 19.5. The van der Waals surface area contributed by atoms with Crippen molar-refractivity contribution in [2.45, 2.75) is 32.0 Å². The number of carbonyl (C=O) groups is 1. The van der Waals surface area contributed by atoms with Crippen LogP contribution >= 0.6 is 11.3 Å². The van der Waals surface area contributed by atoms with Crippen LogP contribution in [0.15, 0.2) is 36.4 Å². The van der Waals surface area contributed by atoms with Crippen molar-refractivity contribution in [3.63, 3.8) is 0 Å². The third kappa shape index (κ3) is 5.86. The summed E-state index contributed by atoms with van der Waals surface area (Å²) in [4.78, 5) is 14.2. The van der Waals surface area contributed by atoms with Crippen molar-refractivity contribution < 1.29 is 22.7 Å². The van der Waals surface area contributed by atoms with Gasteiger partial charge in [-0.1, -0.05) is 12.1 Å². The van der Waals surface area contributed by atoms with Crippen LogP contribution in [0.5, 0.6) is 0 Å². The Kier molecular flexibility index (Phi) is 6.61. The maximum atomic E-state index is 12.5. The molecule has 0 radical (unpaired) electrons. The van der Waals surface area contributed by atoms with E-state index in [0.717, 1.165) is 17.0 Å². The summed E-state index contributed by atoms with van der Waals surface area (Å²) in [7, 11) is 1.59. The summed E-state index contributed by atoms with van der Waals surface area (Å²) in [5, 5.41) is 2.81. The molecule has 0 saturated carbocycles. The van der Waals surface area contributed by atoms with E-state index in [4.69, 9.17) is 4.74 Å². The number of halogens is 3. The first-order chi connectivity index (χ1) is 11.8. The largest absolute Gasteiger partial charge is 0.416 e. The number of nitrogens with one attached hydrogen (secondary N) is 1. The number of alkyl halides is 3. The van der Waals surface area contributed by atoms with Crippen LogP contribution in [0.1, 0.15) is 33.4 Å². The predicted octanol–water partition coefficient (Wildman–Crippen LogP) is 4.51. The Morgan fingerprint density at radius 1 is 1.20 bits per heavy atom. The Bertz CT molecular complexity index is 695. The van der Waals surface area contributed by atoms with E-state index in [1.165, 1.54) is 17.0 Å². The normalized spacial score (nSPS) is 12.8. The minimum Gasteiger partial charge on any atom is -0.374 e. The molecule has 2 rings (SSSR count). The molecule has 25 heavy (non-hydrogen) atoms. The number of hydrogen-bond acceptors (Lipinski definition) is 3. The van der Waals surface area contributed by atoms with Crippen LogP contribution in [-0.4, -0.2) is 19.6 Å². The Hall–Kier alpha value is -1.86. The van der Waals surface area contributed by atoms with Gasteiger partial charge in [0.25, 0.3) is 0 Å². The van der Waals surface area contributed by atoms with Crippen molar-refractivity contribution in [1.82, 2.24) is 5.32 Å². The first-order valence-electron chi connectivity index (χ1n) is 7.81. The summed E-state index contributed by atoms with van der Waals surface area (Å²) in [5.74, 6) is -0.157. The van der Waals surface area contributed by atoms with Crippen molar-refractivity contribution in [1.29, 1.82) is 0 Å². The molecule has 1 amide bonds. The molecule has 0 fully saturated rings. The highest BCUT2D eigenvalue weighted by Crippen LogP contribution is 2.29. The summed E-state index contributed by atoms with van der Waals surface area (Å²) in [5.41, 5.74) is 0.00945. The zero-order valence-electron chi connectivity index (χ0n) is 14.0. The lowest BCUT2D eigenvalue weighted by molar-refractivity contribution is -0.137. The maximum Gasteiger partial charge on any atom is 0.416 e. The van der Waals surface area contributed by atoms with Gasteiger partial charge in [0.1, 0.15) is 6.10 Å². The Labute approximate surface area is 148 Å². The van der Waals surface area contributed by atoms with Crippen LogP contribution in [0.25, 0.3) is 0 Å². The van der Waals surface area contributed by atoms with Crippen LogP contribution < -0.4 is 5.32 Å². The second-order valence-electron chi connectivity index (χ2n) is 5.67. The molecular formula is C18H20F3NO2S. The fraction of sp³-hybridized carbons (Fsp3) is 0.389. The standard InChI is InChI=1S/C18H20F3NO2S/c1-12-3-9-16(25-12)15(24-2)11-22-17(23)10-6-13-4-7-14(8-5-13)18(19,20)21/h3-5,7-9,15H,6,10-11H2,1-2H3,(H,22,23)/t15-/m0/s1. The van der Waals surface area contributed by atoms with Gasteiger partial charge in [0.15, 0.2) is 0 Å². The average molecular weight is 371 g/mol. The van der Waals surface area contributed by atoms with E-state index in [9.17, 15) is 18.0 Å². The molecule has 1 atom stereocenters. The zero-order valence-corrected chi connectivity index (χ0v) is 14.8. The van der Waals surface area contributed by atoms with Gasteiger partial charge in [0.2, 0.25) is 5.91 Å². The fourth-order valence-corrected chi connectivity index (χ4v) is 3.29. The fourth-order valence-electron chi connectivity index (χ4n) is 2.34. The molecule has 0 spiro atoms. The molecule has 0 aliphatic heterocycles. The topological polar surface area (TPSA) is 38.3 Å². The van der Waals surface area contributed by atoms with E-state index >= 15 is 0 Å². The third-order valence-corrected chi connectivity index (χ3v) is 4.86. The molecule has 0 saturated heterocycles. The van der Waals surface area contributed by atoms with Crippen LogP contribution in [0.4, 0.5) is 13.2 Å². The van der Waals surface area contributed by atoms with E-state index in [0.29, 0.717) is 18.5 Å². The number of rotatable bonds is 7. The molecule has 2 aromatic rings. The summed E-state index contributed by atoms with van der Waals surface area (Å²) in [6.45, 7) is 2.37. The van der Waals surface area contributed by atoms with Gasteiger partial charge in [-0.25, -0.2) is 0 Å². The summed E-state index contributed by atoms with van der Waals surface area (Å²) < 4.78 is 42.9. The molecule has 1 aromatic heterocycles. The van der Waals surface area contributed by atoms with Gasteiger partial charge in [-0.2, -0.15) is 13.2 Å². The molecule has 0 unspecified atom stereocenters. The van der Waals surface area contributed by atoms with Crippen molar-refractivity contribution >= 4 is 17.2 Å². The molecule has 3 nitrogen and oxygen atoms in total. The molecular weight excluding hydrogens is 351 g/mol. The second-order valence-corrected chi connectivity index (χ2v) is 6.99. The van der Waals surface area contributed by atoms with Gasteiger partial charge in [-0.15, -0.1) is 11.3 Å². The highest BCUT2D eigenvalue weighted by molar-refractivity contribution is 7.12. The van der Waals surface area contributed by atoms with E-state index in [1.54, 1.807) is 18.4 Å². The van der Waals surface area contributed by atoms with Crippen molar-refractivity contribution in [2.75, 3.05) is 13.7 Å². The third-order valence-electron chi connectivity index (χ3n) is 3.77. The number of amides is 1. The highest BCUT2D eigenvalue weighted by Gasteiger charge is 2.29. The van der Waals surface area contributed by atoms with Gasteiger partial charge >= 0.3 is 6.18 Å². The van der Waals surface area contributed by atoms with Crippen LogP contribution in [0.2, 0.25) is 0 Å². The van der Waals surface area contributed by atoms with Crippen molar-refractivity contribution in [3.8, 4) is 0 Å². The predicted molar refractivity (Wildman–Crippen MR) is 91.6 cm³/mol. The zero-order chi connectivity index (χ0) is 18.4. The van der Waals surface area contributed by atoms with Crippen molar-refractivity contribution in [3.05, 3.63) is 57.3 Å². The molecule has 136 valence electrons. The summed E-state index contributed by atoms with van der Waals surface area (Å²) in [6, 6.07) is 8.85. The van der Waals surface area contributed by atoms with Crippen molar-refractivity contribution in [2.24, 2.45) is 0 Å². The van der Waals surface area contributed by atoms with Crippen LogP contribution in [-0.2, 0) is 22.1 Å². The van der Waals surface area contributed by atoms with E-state index in [1.807, 2.05) is 19.1 Å². The van der Waals surface area contributed by atoms with Gasteiger partial charge < -0.3 is 10.1 Å². The number of carbonyl (C=O) groups excluding carboxylic acids is 1. The minimum absolute atomic E-state index is 0.157. The Balaban J connectivity index is 1.80. The molecule has 1 heterocycles. The number of ether oxygens (including phenoxy) is 1. The second kappa shape index (κ2) is 8.49. The molecule has 7 heteroatoms. The Morgan fingerprint density at radius 3 is 2.40 bits per heavy atom. The molecule has 0 aliphatic rings. The number of aryl methyl sites for hydroxylation is 2. The van der Waals surface area contributed by atoms with Gasteiger partial charge in [0, 0.05) is 29.8 Å². The van der Waals surface area contributed by atoms with Gasteiger partial charge in [-0.3, -0.25) is 4.79 Å². The number of methoxy groups -OCH3 is 1. The molecule has 1 aromatic carbocycles. The van der Waals surface area contributed by atoms with Crippen LogP contribution in [0.3, 0.4) is 0 Å². The number of thiophene rings is 1. The minimum atomic E-state index is -4.34. The van der Waals surface area contributed by atoms with E-state index in [2.05, 4.69) is 5.32 Å². The average Bonchev–Trinajstić information content (AvgIpc) is 2.99. The van der Waals surface area contributed by atoms with Gasteiger partial charge in [0.05, 0.1) is 5.56 Å². The molecule has 0 bridgehead atoms.